The molecule has 0 aliphatic carbocycles. The van der Waals surface area contributed by atoms with Crippen LogP contribution in [0.5, 0.6) is 0 Å². The molecule has 0 atom stereocenters. The highest BCUT2D eigenvalue weighted by Gasteiger charge is 2.20. The van der Waals surface area contributed by atoms with E-state index in [1.54, 1.807) is 13.1 Å². The SMILES string of the molecule is CN=C(NCc1ccc(Br)cc1F)N1CCN(Cc2cc(C)on2)CC1. The summed E-state index contributed by atoms with van der Waals surface area (Å²) in [5.74, 6) is 1.41. The summed E-state index contributed by atoms with van der Waals surface area (Å²) in [5.41, 5.74) is 1.58. The van der Waals surface area contributed by atoms with Gasteiger partial charge in [-0.2, -0.15) is 0 Å². The van der Waals surface area contributed by atoms with Crippen LogP contribution in [0.15, 0.2) is 38.3 Å². The summed E-state index contributed by atoms with van der Waals surface area (Å²) in [4.78, 5) is 8.88. The Kier molecular flexibility index (Phi) is 6.26. The van der Waals surface area contributed by atoms with Crippen molar-refractivity contribution in [1.29, 1.82) is 0 Å². The maximum Gasteiger partial charge on any atom is 0.194 e. The zero-order chi connectivity index (χ0) is 18.5. The fourth-order valence-corrected chi connectivity index (χ4v) is 3.34. The van der Waals surface area contributed by atoms with Gasteiger partial charge in [0.2, 0.25) is 0 Å². The number of rotatable bonds is 4. The summed E-state index contributed by atoms with van der Waals surface area (Å²) in [6, 6.07) is 7.06. The van der Waals surface area contributed by atoms with Crippen LogP contribution in [-0.4, -0.2) is 54.1 Å². The lowest BCUT2D eigenvalue weighted by molar-refractivity contribution is 0.169. The van der Waals surface area contributed by atoms with Crippen molar-refractivity contribution in [2.45, 2.75) is 20.0 Å². The zero-order valence-electron chi connectivity index (χ0n) is 15.0. The molecule has 1 aromatic carbocycles. The zero-order valence-corrected chi connectivity index (χ0v) is 16.6. The third-order valence-corrected chi connectivity index (χ3v) is 4.89. The third-order valence-electron chi connectivity index (χ3n) is 4.40. The molecule has 1 N–H and O–H groups in total. The van der Waals surface area contributed by atoms with Gasteiger partial charge in [-0.05, 0) is 19.1 Å². The standard InChI is InChI=1S/C18H23BrFN5O/c1-13-9-16(23-26-13)12-24-5-7-25(8-6-24)18(21-2)22-11-14-3-4-15(19)10-17(14)20/h3-4,9-10H,5-8,11-12H2,1-2H3,(H,21,22). The van der Waals surface area contributed by atoms with E-state index in [9.17, 15) is 4.39 Å². The predicted molar refractivity (Wildman–Crippen MR) is 102 cm³/mol. The topological polar surface area (TPSA) is 56.9 Å². The van der Waals surface area contributed by atoms with E-state index in [-0.39, 0.29) is 5.82 Å². The second kappa shape index (κ2) is 8.64. The van der Waals surface area contributed by atoms with Crippen LogP contribution >= 0.6 is 15.9 Å². The predicted octanol–water partition coefficient (Wildman–Crippen LogP) is 2.78. The first-order valence-corrected chi connectivity index (χ1v) is 9.38. The fourth-order valence-electron chi connectivity index (χ4n) is 3.01. The summed E-state index contributed by atoms with van der Waals surface area (Å²) in [6.07, 6.45) is 0. The van der Waals surface area contributed by atoms with Gasteiger partial charge in [0.1, 0.15) is 11.6 Å². The van der Waals surface area contributed by atoms with Crippen LogP contribution in [0.4, 0.5) is 4.39 Å². The quantitative estimate of drug-likeness (QED) is 0.605. The molecule has 0 bridgehead atoms. The molecule has 0 radical (unpaired) electrons. The Morgan fingerprint density at radius 1 is 1.31 bits per heavy atom. The minimum absolute atomic E-state index is 0.227. The minimum atomic E-state index is -0.227. The molecular weight excluding hydrogens is 401 g/mol. The van der Waals surface area contributed by atoms with Gasteiger partial charge in [-0.3, -0.25) is 9.89 Å². The van der Waals surface area contributed by atoms with E-state index >= 15 is 0 Å². The van der Waals surface area contributed by atoms with Crippen LogP contribution in [-0.2, 0) is 13.1 Å². The Bertz CT molecular complexity index is 771. The second-order valence-electron chi connectivity index (χ2n) is 6.33. The number of nitrogens with zero attached hydrogens (tertiary/aromatic N) is 4. The molecule has 0 unspecified atom stereocenters. The number of nitrogens with one attached hydrogen (secondary N) is 1. The van der Waals surface area contributed by atoms with Crippen molar-refractivity contribution in [3.8, 4) is 0 Å². The minimum Gasteiger partial charge on any atom is -0.361 e. The van der Waals surface area contributed by atoms with Gasteiger partial charge in [0.15, 0.2) is 5.96 Å². The van der Waals surface area contributed by atoms with Crippen LogP contribution in [0.2, 0.25) is 0 Å². The van der Waals surface area contributed by atoms with E-state index < -0.39 is 0 Å². The van der Waals surface area contributed by atoms with Gasteiger partial charge < -0.3 is 14.7 Å². The Hall–Kier alpha value is -1.93. The monoisotopic (exact) mass is 423 g/mol. The first kappa shape index (κ1) is 18.8. The largest absolute Gasteiger partial charge is 0.361 e. The van der Waals surface area contributed by atoms with E-state index in [0.29, 0.717) is 12.1 Å². The van der Waals surface area contributed by atoms with Crippen molar-refractivity contribution in [2.24, 2.45) is 4.99 Å². The number of hydrogen-bond donors (Lipinski definition) is 1. The molecule has 1 fully saturated rings. The molecule has 1 saturated heterocycles. The lowest BCUT2D eigenvalue weighted by Crippen LogP contribution is -2.52. The maximum absolute atomic E-state index is 14.0. The first-order valence-electron chi connectivity index (χ1n) is 8.59. The summed E-state index contributed by atoms with van der Waals surface area (Å²) in [7, 11) is 1.75. The van der Waals surface area contributed by atoms with E-state index in [1.807, 2.05) is 19.1 Å². The molecule has 0 amide bonds. The number of piperazine rings is 1. The van der Waals surface area contributed by atoms with Crippen molar-refractivity contribution < 1.29 is 8.91 Å². The number of guanidine groups is 1. The van der Waals surface area contributed by atoms with Crippen LogP contribution in [0, 0.1) is 12.7 Å². The summed E-state index contributed by atoms with van der Waals surface area (Å²) in [6.45, 7) is 6.65. The summed E-state index contributed by atoms with van der Waals surface area (Å²) >= 11 is 3.28. The van der Waals surface area contributed by atoms with Gasteiger partial charge in [0, 0.05) is 62.4 Å². The molecule has 2 heterocycles. The molecule has 140 valence electrons. The number of aromatic nitrogens is 1. The van der Waals surface area contributed by atoms with Gasteiger partial charge in [0.25, 0.3) is 0 Å². The number of benzene rings is 1. The number of halogens is 2. The average Bonchev–Trinajstić information content (AvgIpc) is 3.03. The van der Waals surface area contributed by atoms with Gasteiger partial charge in [0.05, 0.1) is 5.69 Å². The lowest BCUT2D eigenvalue weighted by atomic mass is 10.2. The third kappa shape index (κ3) is 4.82. The van der Waals surface area contributed by atoms with E-state index in [2.05, 4.69) is 41.2 Å². The van der Waals surface area contributed by atoms with Gasteiger partial charge in [-0.15, -0.1) is 0 Å². The van der Waals surface area contributed by atoms with Crippen LogP contribution in [0.25, 0.3) is 0 Å². The molecule has 6 nitrogen and oxygen atoms in total. The van der Waals surface area contributed by atoms with E-state index in [4.69, 9.17) is 4.52 Å². The van der Waals surface area contributed by atoms with Crippen LogP contribution in [0.1, 0.15) is 17.0 Å². The Labute approximate surface area is 161 Å². The van der Waals surface area contributed by atoms with Gasteiger partial charge >= 0.3 is 0 Å². The van der Waals surface area contributed by atoms with Gasteiger partial charge in [-0.25, -0.2) is 4.39 Å². The molecule has 1 aliphatic heterocycles. The van der Waals surface area contributed by atoms with E-state index in [1.165, 1.54) is 6.07 Å². The molecule has 2 aromatic rings. The van der Waals surface area contributed by atoms with Crippen LogP contribution < -0.4 is 5.32 Å². The highest BCUT2D eigenvalue weighted by molar-refractivity contribution is 9.10. The van der Waals surface area contributed by atoms with Gasteiger partial charge in [-0.1, -0.05) is 27.2 Å². The number of aliphatic imine (C=N–C) groups is 1. The number of aryl methyl sites for hydroxylation is 1. The normalized spacial score (nSPS) is 16.2. The Morgan fingerprint density at radius 2 is 2.08 bits per heavy atom. The van der Waals surface area contributed by atoms with Crippen molar-refractivity contribution in [1.82, 2.24) is 20.3 Å². The summed E-state index contributed by atoms with van der Waals surface area (Å²) < 4.78 is 19.8. The molecule has 3 rings (SSSR count). The number of hydrogen-bond acceptors (Lipinski definition) is 4. The highest BCUT2D eigenvalue weighted by Crippen LogP contribution is 2.15. The summed E-state index contributed by atoms with van der Waals surface area (Å²) in [5, 5.41) is 7.31. The molecule has 26 heavy (non-hydrogen) atoms. The molecule has 0 saturated carbocycles. The van der Waals surface area contributed by atoms with Crippen molar-refractivity contribution in [2.75, 3.05) is 33.2 Å². The first-order chi connectivity index (χ1) is 12.5. The Balaban J connectivity index is 1.50. The van der Waals surface area contributed by atoms with Crippen molar-refractivity contribution in [3.05, 3.63) is 51.6 Å². The highest BCUT2D eigenvalue weighted by atomic mass is 79.9. The molecular formula is C18H23BrFN5O. The molecule has 1 aromatic heterocycles. The van der Waals surface area contributed by atoms with Crippen LogP contribution in [0.3, 0.4) is 0 Å². The average molecular weight is 424 g/mol. The smallest absolute Gasteiger partial charge is 0.194 e. The molecule has 8 heteroatoms. The molecule has 1 aliphatic rings. The van der Waals surface area contributed by atoms with Crippen molar-refractivity contribution in [3.63, 3.8) is 0 Å². The lowest BCUT2D eigenvalue weighted by Gasteiger charge is -2.36. The van der Waals surface area contributed by atoms with Crippen molar-refractivity contribution >= 4 is 21.9 Å². The maximum atomic E-state index is 14.0. The van der Waals surface area contributed by atoms with E-state index in [0.717, 1.165) is 54.6 Å². The molecule has 0 spiro atoms. The Morgan fingerprint density at radius 3 is 2.69 bits per heavy atom. The fraction of sp³-hybridized carbons (Fsp3) is 0.444. The second-order valence-corrected chi connectivity index (χ2v) is 7.24.